The molecule has 0 bridgehead atoms. The van der Waals surface area contributed by atoms with Gasteiger partial charge in [0.05, 0.1) is 11.5 Å². The third-order valence-corrected chi connectivity index (χ3v) is 3.87. The van der Waals surface area contributed by atoms with E-state index >= 15 is 0 Å². The summed E-state index contributed by atoms with van der Waals surface area (Å²) in [6.45, 7) is -1.35. The van der Waals surface area contributed by atoms with Gasteiger partial charge in [0.2, 0.25) is 5.91 Å². The van der Waals surface area contributed by atoms with E-state index in [1.165, 1.54) is 24.3 Å². The number of amides is 1. The normalized spacial score (nSPS) is 10.8. The number of carbonyl (C=O) groups excluding carboxylic acids is 1. The summed E-state index contributed by atoms with van der Waals surface area (Å²) in [6.07, 6.45) is 0. The predicted molar refractivity (Wildman–Crippen MR) is 104 cm³/mol. The molecule has 0 spiro atoms. The molecular formula is C19H22F2N4O4. The Balaban J connectivity index is 1.66. The molecule has 0 radical (unpaired) electrons. The Labute approximate surface area is 166 Å². The van der Waals surface area contributed by atoms with Crippen LogP contribution in [0.5, 0.6) is 5.75 Å². The van der Waals surface area contributed by atoms with Gasteiger partial charge in [-0.1, -0.05) is 12.1 Å². The van der Waals surface area contributed by atoms with Gasteiger partial charge in [-0.2, -0.15) is 8.78 Å². The third kappa shape index (κ3) is 8.09. The van der Waals surface area contributed by atoms with Crippen molar-refractivity contribution in [1.82, 2.24) is 10.2 Å². The quantitative estimate of drug-likeness (QED) is 0.337. The average molecular weight is 408 g/mol. The van der Waals surface area contributed by atoms with Crippen LogP contribution in [0.25, 0.3) is 0 Å². The van der Waals surface area contributed by atoms with Crippen LogP contribution in [0.4, 0.5) is 20.2 Å². The van der Waals surface area contributed by atoms with E-state index in [-0.39, 0.29) is 23.9 Å². The zero-order valence-electron chi connectivity index (χ0n) is 15.8. The van der Waals surface area contributed by atoms with E-state index < -0.39 is 11.5 Å². The van der Waals surface area contributed by atoms with Crippen molar-refractivity contribution in [2.24, 2.45) is 0 Å². The number of rotatable bonds is 11. The highest BCUT2D eigenvalue weighted by Crippen LogP contribution is 2.16. The van der Waals surface area contributed by atoms with E-state index in [2.05, 4.69) is 15.4 Å². The van der Waals surface area contributed by atoms with Gasteiger partial charge in [-0.05, 0) is 36.9 Å². The molecule has 2 aromatic carbocycles. The second-order valence-corrected chi connectivity index (χ2v) is 6.28. The molecule has 0 heterocycles. The van der Waals surface area contributed by atoms with Crippen LogP contribution in [0.3, 0.4) is 0 Å². The Bertz CT molecular complexity index is 801. The van der Waals surface area contributed by atoms with Crippen molar-refractivity contribution in [1.29, 1.82) is 0 Å². The number of nitro groups is 1. The summed E-state index contributed by atoms with van der Waals surface area (Å²) in [4.78, 5) is 23.9. The van der Waals surface area contributed by atoms with Crippen LogP contribution in [-0.4, -0.2) is 49.0 Å². The summed E-state index contributed by atoms with van der Waals surface area (Å²) in [5, 5.41) is 16.4. The van der Waals surface area contributed by atoms with Gasteiger partial charge in [-0.3, -0.25) is 19.8 Å². The number of nitrogens with one attached hydrogen (secondary N) is 2. The first-order valence-electron chi connectivity index (χ1n) is 8.81. The fraction of sp³-hybridized carbons (Fsp3) is 0.316. The maximum absolute atomic E-state index is 12.1. The molecule has 0 aliphatic rings. The highest BCUT2D eigenvalue weighted by Gasteiger charge is 2.08. The summed E-state index contributed by atoms with van der Waals surface area (Å²) in [6, 6.07) is 12.3. The highest BCUT2D eigenvalue weighted by molar-refractivity contribution is 5.78. The SMILES string of the molecule is CN(CC(=O)NCCNc1ccc([N+](=O)[O-])cc1)Cc1ccc(OC(F)F)cc1. The first kappa shape index (κ1) is 22.0. The summed E-state index contributed by atoms with van der Waals surface area (Å²) >= 11 is 0. The van der Waals surface area contributed by atoms with Crippen molar-refractivity contribution < 1.29 is 23.2 Å². The summed E-state index contributed by atoms with van der Waals surface area (Å²) in [5.41, 5.74) is 1.60. The Morgan fingerprint density at radius 2 is 1.79 bits per heavy atom. The standard InChI is InChI=1S/C19H22F2N4O4/c1-24(12-14-2-8-17(9-3-14)29-19(20)21)13-18(26)23-11-10-22-15-4-6-16(7-5-15)25(27)28/h2-9,19,22H,10-13H2,1H3,(H,23,26). The van der Waals surface area contributed by atoms with E-state index in [1.54, 1.807) is 36.2 Å². The highest BCUT2D eigenvalue weighted by atomic mass is 19.3. The zero-order valence-corrected chi connectivity index (χ0v) is 15.8. The molecule has 2 rings (SSSR count). The van der Waals surface area contributed by atoms with E-state index in [0.29, 0.717) is 19.6 Å². The number of hydrogen-bond acceptors (Lipinski definition) is 6. The topological polar surface area (TPSA) is 96.7 Å². The number of hydrogen-bond donors (Lipinski definition) is 2. The fourth-order valence-electron chi connectivity index (χ4n) is 2.55. The van der Waals surface area contributed by atoms with Crippen molar-refractivity contribution in [3.8, 4) is 5.75 Å². The maximum Gasteiger partial charge on any atom is 0.387 e. The van der Waals surface area contributed by atoms with E-state index in [1.807, 2.05) is 0 Å². The minimum absolute atomic E-state index is 0.0167. The van der Waals surface area contributed by atoms with Crippen LogP contribution in [0, 0.1) is 10.1 Å². The van der Waals surface area contributed by atoms with Crippen molar-refractivity contribution >= 4 is 17.3 Å². The van der Waals surface area contributed by atoms with E-state index in [9.17, 15) is 23.7 Å². The van der Waals surface area contributed by atoms with Crippen molar-refractivity contribution in [3.05, 3.63) is 64.2 Å². The van der Waals surface area contributed by atoms with Gasteiger partial charge < -0.3 is 15.4 Å². The Morgan fingerprint density at radius 1 is 1.14 bits per heavy atom. The Hall–Kier alpha value is -3.27. The second kappa shape index (κ2) is 10.9. The lowest BCUT2D eigenvalue weighted by molar-refractivity contribution is -0.384. The third-order valence-electron chi connectivity index (χ3n) is 3.87. The van der Waals surface area contributed by atoms with Crippen LogP contribution >= 0.6 is 0 Å². The first-order valence-corrected chi connectivity index (χ1v) is 8.81. The van der Waals surface area contributed by atoms with Crippen LogP contribution in [0.15, 0.2) is 48.5 Å². The van der Waals surface area contributed by atoms with Crippen molar-refractivity contribution in [2.45, 2.75) is 13.2 Å². The fourth-order valence-corrected chi connectivity index (χ4v) is 2.55. The molecule has 0 fully saturated rings. The molecule has 0 atom stereocenters. The average Bonchev–Trinajstić information content (AvgIpc) is 2.66. The van der Waals surface area contributed by atoms with E-state index in [0.717, 1.165) is 11.3 Å². The molecule has 2 N–H and O–H groups in total. The van der Waals surface area contributed by atoms with Gasteiger partial charge in [-0.25, -0.2) is 0 Å². The number of anilines is 1. The lowest BCUT2D eigenvalue weighted by Gasteiger charge is -2.17. The Morgan fingerprint density at radius 3 is 2.38 bits per heavy atom. The van der Waals surface area contributed by atoms with Gasteiger partial charge in [0.15, 0.2) is 0 Å². The largest absolute Gasteiger partial charge is 0.435 e. The number of halogens is 2. The van der Waals surface area contributed by atoms with Crippen molar-refractivity contribution in [3.63, 3.8) is 0 Å². The Kier molecular flexibility index (Phi) is 8.28. The van der Waals surface area contributed by atoms with Gasteiger partial charge in [0.25, 0.3) is 5.69 Å². The molecule has 0 aliphatic heterocycles. The summed E-state index contributed by atoms with van der Waals surface area (Å²) < 4.78 is 28.6. The lowest BCUT2D eigenvalue weighted by atomic mass is 10.2. The van der Waals surface area contributed by atoms with Crippen LogP contribution in [0.2, 0.25) is 0 Å². The van der Waals surface area contributed by atoms with Gasteiger partial charge >= 0.3 is 6.61 Å². The number of nitrogens with zero attached hydrogens (tertiary/aromatic N) is 2. The number of nitro benzene ring substituents is 1. The first-order chi connectivity index (χ1) is 13.8. The zero-order chi connectivity index (χ0) is 21.2. The molecule has 0 saturated carbocycles. The van der Waals surface area contributed by atoms with Gasteiger partial charge in [0, 0.05) is 37.5 Å². The summed E-state index contributed by atoms with van der Waals surface area (Å²) in [7, 11) is 1.78. The van der Waals surface area contributed by atoms with E-state index in [4.69, 9.17) is 0 Å². The molecule has 156 valence electrons. The van der Waals surface area contributed by atoms with Crippen LogP contribution in [-0.2, 0) is 11.3 Å². The maximum atomic E-state index is 12.1. The lowest BCUT2D eigenvalue weighted by Crippen LogP contribution is -2.37. The van der Waals surface area contributed by atoms with Gasteiger partial charge in [0.1, 0.15) is 5.75 Å². The molecular weight excluding hydrogens is 386 g/mol. The molecule has 1 amide bonds. The van der Waals surface area contributed by atoms with Crippen LogP contribution < -0.4 is 15.4 Å². The molecule has 0 aliphatic carbocycles. The molecule has 0 unspecified atom stereocenters. The number of ether oxygens (including phenoxy) is 1. The molecule has 10 heteroatoms. The minimum atomic E-state index is -2.86. The monoisotopic (exact) mass is 408 g/mol. The van der Waals surface area contributed by atoms with Crippen molar-refractivity contribution in [2.75, 3.05) is 32.0 Å². The number of alkyl halides is 2. The number of benzene rings is 2. The number of likely N-dealkylation sites (N-methyl/N-ethyl adjacent to an activating group) is 1. The summed E-state index contributed by atoms with van der Waals surface area (Å²) in [5.74, 6) is -0.0691. The van der Waals surface area contributed by atoms with Crippen LogP contribution in [0.1, 0.15) is 5.56 Å². The minimum Gasteiger partial charge on any atom is -0.435 e. The predicted octanol–water partition coefficient (Wildman–Crippen LogP) is 2.86. The smallest absolute Gasteiger partial charge is 0.387 e. The number of non-ortho nitro benzene ring substituents is 1. The molecule has 29 heavy (non-hydrogen) atoms. The molecule has 0 aromatic heterocycles. The number of carbonyl (C=O) groups is 1. The second-order valence-electron chi connectivity index (χ2n) is 6.28. The van der Waals surface area contributed by atoms with Gasteiger partial charge in [-0.15, -0.1) is 0 Å². The molecule has 8 nitrogen and oxygen atoms in total. The molecule has 2 aromatic rings. The molecule has 0 saturated heterocycles.